The Labute approximate surface area is 107 Å². The van der Waals surface area contributed by atoms with E-state index in [1.165, 1.54) is 19.2 Å². The smallest absolute Gasteiger partial charge is 0.218 e. The largest absolute Gasteiger partial charge is 0.481 e. The zero-order valence-electron chi connectivity index (χ0n) is 10.0. The van der Waals surface area contributed by atoms with Gasteiger partial charge in [-0.2, -0.15) is 0 Å². The Morgan fingerprint density at radius 3 is 3.12 bits per heavy atom. The standard InChI is InChI=1S/C12H18ClN3O/c1-17-12-6-11(15-8-16-12)14-7-9-3-2-4-10(13)5-9/h6,8-10H,2-5,7H2,1H3,(H,14,15,16). The molecule has 0 saturated heterocycles. The van der Waals surface area contributed by atoms with E-state index >= 15 is 0 Å². The first-order valence-corrected chi connectivity index (χ1v) is 6.45. The van der Waals surface area contributed by atoms with Crippen LogP contribution in [0.4, 0.5) is 5.82 Å². The van der Waals surface area contributed by atoms with Gasteiger partial charge in [0.2, 0.25) is 5.88 Å². The monoisotopic (exact) mass is 255 g/mol. The highest BCUT2D eigenvalue weighted by atomic mass is 35.5. The summed E-state index contributed by atoms with van der Waals surface area (Å²) in [6.07, 6.45) is 6.23. The SMILES string of the molecule is COc1cc(NCC2CCCC(Cl)C2)ncn1. The van der Waals surface area contributed by atoms with Crippen LogP contribution in [0.25, 0.3) is 0 Å². The van der Waals surface area contributed by atoms with Gasteiger partial charge in [0.1, 0.15) is 12.1 Å². The molecule has 1 aliphatic carbocycles. The first-order valence-electron chi connectivity index (χ1n) is 6.02. The van der Waals surface area contributed by atoms with Gasteiger partial charge in [0.05, 0.1) is 7.11 Å². The molecule has 5 heteroatoms. The predicted octanol–water partition coefficient (Wildman–Crippen LogP) is 2.69. The summed E-state index contributed by atoms with van der Waals surface area (Å²) in [6, 6.07) is 1.81. The van der Waals surface area contributed by atoms with E-state index in [0.29, 0.717) is 17.2 Å². The molecule has 1 saturated carbocycles. The minimum absolute atomic E-state index is 0.343. The van der Waals surface area contributed by atoms with Crippen molar-refractivity contribution >= 4 is 17.4 Å². The number of methoxy groups -OCH3 is 1. The Kier molecular flexibility index (Phi) is 4.42. The second kappa shape index (κ2) is 6.05. The maximum atomic E-state index is 6.17. The highest BCUT2D eigenvalue weighted by molar-refractivity contribution is 6.20. The van der Waals surface area contributed by atoms with E-state index in [0.717, 1.165) is 25.2 Å². The number of aromatic nitrogens is 2. The van der Waals surface area contributed by atoms with Crippen LogP contribution in [0.2, 0.25) is 0 Å². The third-order valence-corrected chi connectivity index (χ3v) is 3.54. The number of nitrogens with zero attached hydrogens (tertiary/aromatic N) is 2. The van der Waals surface area contributed by atoms with Crippen LogP contribution in [-0.2, 0) is 0 Å². The number of alkyl halides is 1. The van der Waals surface area contributed by atoms with Crippen LogP contribution in [0.15, 0.2) is 12.4 Å². The van der Waals surface area contributed by atoms with Crippen LogP contribution in [0.1, 0.15) is 25.7 Å². The van der Waals surface area contributed by atoms with E-state index < -0.39 is 0 Å². The molecule has 1 aromatic rings. The van der Waals surface area contributed by atoms with E-state index in [1.54, 1.807) is 13.2 Å². The van der Waals surface area contributed by atoms with Crippen molar-refractivity contribution in [3.05, 3.63) is 12.4 Å². The Morgan fingerprint density at radius 2 is 2.35 bits per heavy atom. The van der Waals surface area contributed by atoms with Crippen molar-refractivity contribution in [1.82, 2.24) is 9.97 Å². The van der Waals surface area contributed by atoms with Crippen LogP contribution in [0.5, 0.6) is 5.88 Å². The molecule has 1 heterocycles. The molecule has 1 fully saturated rings. The second-order valence-electron chi connectivity index (χ2n) is 4.46. The van der Waals surface area contributed by atoms with Gasteiger partial charge in [-0.05, 0) is 25.2 Å². The zero-order chi connectivity index (χ0) is 12.1. The summed E-state index contributed by atoms with van der Waals surface area (Å²) in [6.45, 7) is 0.920. The van der Waals surface area contributed by atoms with Gasteiger partial charge >= 0.3 is 0 Å². The minimum Gasteiger partial charge on any atom is -0.481 e. The van der Waals surface area contributed by atoms with Gasteiger partial charge in [-0.1, -0.05) is 6.42 Å². The molecule has 0 amide bonds. The van der Waals surface area contributed by atoms with Crippen LogP contribution in [0.3, 0.4) is 0 Å². The molecule has 0 aliphatic heterocycles. The molecule has 0 spiro atoms. The summed E-state index contributed by atoms with van der Waals surface area (Å²) in [4.78, 5) is 8.13. The normalized spacial score (nSPS) is 24.4. The van der Waals surface area contributed by atoms with E-state index in [1.807, 2.05) is 0 Å². The van der Waals surface area contributed by atoms with E-state index in [-0.39, 0.29) is 0 Å². The second-order valence-corrected chi connectivity index (χ2v) is 5.07. The first-order chi connectivity index (χ1) is 8.28. The minimum atomic E-state index is 0.343. The van der Waals surface area contributed by atoms with Gasteiger partial charge in [0.15, 0.2) is 0 Å². The first kappa shape index (κ1) is 12.4. The maximum absolute atomic E-state index is 6.17. The van der Waals surface area contributed by atoms with Gasteiger partial charge in [-0.15, -0.1) is 11.6 Å². The molecule has 94 valence electrons. The maximum Gasteiger partial charge on any atom is 0.218 e. The van der Waals surface area contributed by atoms with Gasteiger partial charge in [0.25, 0.3) is 0 Å². The average Bonchev–Trinajstić information content (AvgIpc) is 2.37. The van der Waals surface area contributed by atoms with E-state index in [9.17, 15) is 0 Å². The summed E-state index contributed by atoms with van der Waals surface area (Å²) in [5.41, 5.74) is 0. The Bertz CT molecular complexity index is 361. The van der Waals surface area contributed by atoms with Gasteiger partial charge in [-0.25, -0.2) is 9.97 Å². The number of nitrogens with one attached hydrogen (secondary N) is 1. The molecule has 0 radical (unpaired) electrons. The van der Waals surface area contributed by atoms with Crippen molar-refractivity contribution in [1.29, 1.82) is 0 Å². The number of hydrogen-bond donors (Lipinski definition) is 1. The fraction of sp³-hybridized carbons (Fsp3) is 0.667. The summed E-state index contributed by atoms with van der Waals surface area (Å²) >= 11 is 6.17. The summed E-state index contributed by atoms with van der Waals surface area (Å²) in [7, 11) is 1.60. The van der Waals surface area contributed by atoms with Crippen LogP contribution in [-0.4, -0.2) is 29.0 Å². The lowest BCUT2D eigenvalue weighted by Crippen LogP contribution is -2.22. The quantitative estimate of drug-likeness (QED) is 0.841. The molecular weight excluding hydrogens is 238 g/mol. The number of hydrogen-bond acceptors (Lipinski definition) is 4. The summed E-state index contributed by atoms with van der Waals surface area (Å²) < 4.78 is 5.05. The zero-order valence-corrected chi connectivity index (χ0v) is 10.8. The van der Waals surface area contributed by atoms with Crippen molar-refractivity contribution in [2.24, 2.45) is 5.92 Å². The number of anilines is 1. The highest BCUT2D eigenvalue weighted by Crippen LogP contribution is 2.27. The van der Waals surface area contributed by atoms with E-state index in [4.69, 9.17) is 16.3 Å². The fourth-order valence-corrected chi connectivity index (χ4v) is 2.61. The van der Waals surface area contributed by atoms with Crippen molar-refractivity contribution in [2.75, 3.05) is 19.0 Å². The summed E-state index contributed by atoms with van der Waals surface area (Å²) in [5, 5.41) is 3.66. The molecule has 1 N–H and O–H groups in total. The molecular formula is C12H18ClN3O. The molecule has 0 aromatic carbocycles. The van der Waals surface area contributed by atoms with Crippen molar-refractivity contribution < 1.29 is 4.74 Å². The molecule has 17 heavy (non-hydrogen) atoms. The molecule has 2 rings (SSSR count). The van der Waals surface area contributed by atoms with Crippen molar-refractivity contribution in [3.63, 3.8) is 0 Å². The third-order valence-electron chi connectivity index (χ3n) is 3.14. The Morgan fingerprint density at radius 1 is 1.47 bits per heavy atom. The van der Waals surface area contributed by atoms with Gasteiger partial charge < -0.3 is 10.1 Å². The van der Waals surface area contributed by atoms with Crippen molar-refractivity contribution in [3.8, 4) is 5.88 Å². The number of rotatable bonds is 4. The molecule has 1 aliphatic rings. The predicted molar refractivity (Wildman–Crippen MR) is 68.7 cm³/mol. The lowest BCUT2D eigenvalue weighted by atomic mass is 9.89. The molecule has 1 aromatic heterocycles. The Hall–Kier alpha value is -1.03. The van der Waals surface area contributed by atoms with Crippen LogP contribution >= 0.6 is 11.6 Å². The number of ether oxygens (including phenoxy) is 1. The van der Waals surface area contributed by atoms with E-state index in [2.05, 4.69) is 15.3 Å². The number of halogens is 1. The lowest BCUT2D eigenvalue weighted by molar-refractivity contribution is 0.377. The average molecular weight is 256 g/mol. The molecule has 0 bridgehead atoms. The molecule has 4 nitrogen and oxygen atoms in total. The fourth-order valence-electron chi connectivity index (χ4n) is 2.21. The van der Waals surface area contributed by atoms with Crippen LogP contribution < -0.4 is 10.1 Å². The molecule has 2 unspecified atom stereocenters. The van der Waals surface area contributed by atoms with Gasteiger partial charge in [-0.3, -0.25) is 0 Å². The van der Waals surface area contributed by atoms with Crippen molar-refractivity contribution in [2.45, 2.75) is 31.1 Å². The topological polar surface area (TPSA) is 47.0 Å². The molecule has 2 atom stereocenters. The summed E-state index contributed by atoms with van der Waals surface area (Å²) in [5.74, 6) is 2.04. The van der Waals surface area contributed by atoms with Gasteiger partial charge in [0, 0.05) is 18.0 Å². The lowest BCUT2D eigenvalue weighted by Gasteiger charge is -2.25. The third kappa shape index (κ3) is 3.73. The highest BCUT2D eigenvalue weighted by Gasteiger charge is 2.19. The Balaban J connectivity index is 1.84. The van der Waals surface area contributed by atoms with Crippen LogP contribution in [0, 0.1) is 5.92 Å².